The van der Waals surface area contributed by atoms with Gasteiger partial charge in [-0.3, -0.25) is 23.7 Å². The Morgan fingerprint density at radius 2 is 1.57 bits per heavy atom. The maximum absolute atomic E-state index is 14.1. The van der Waals surface area contributed by atoms with Crippen molar-refractivity contribution in [2.45, 2.75) is 41.5 Å². The molecule has 11 nitrogen and oxygen atoms in total. The van der Waals surface area contributed by atoms with E-state index in [9.17, 15) is 27.6 Å². The molecule has 3 N–H and O–H groups in total. The zero-order valence-electron chi connectivity index (χ0n) is 25.0. The number of nitrogens with zero attached hydrogens (tertiary/aromatic N) is 3. The van der Waals surface area contributed by atoms with Crippen LogP contribution < -0.4 is 25.1 Å². The number of aromatic nitrogens is 1. The molecular formula is C32H31N5O6S3. The molecule has 1 fully saturated rings. The monoisotopic (exact) mass is 677 g/mol. The Hall–Kier alpha value is -4.24. The topological polar surface area (TPSA) is 152 Å². The molecule has 3 aromatic carbocycles. The fraction of sp³-hybridized carbons (Fsp3) is 0.250. The number of hydrogen-bond donors (Lipinski definition) is 2. The van der Waals surface area contributed by atoms with E-state index in [1.807, 2.05) is 30.3 Å². The average molecular weight is 678 g/mol. The normalized spacial score (nSPS) is 19.1. The summed E-state index contributed by atoms with van der Waals surface area (Å²) in [6, 6.07) is 22.0. The van der Waals surface area contributed by atoms with Gasteiger partial charge < -0.3 is 10.2 Å². The molecule has 6 rings (SSSR count). The lowest BCUT2D eigenvalue weighted by molar-refractivity contribution is -0.122. The molecule has 2 aliphatic heterocycles. The molecule has 1 saturated heterocycles. The summed E-state index contributed by atoms with van der Waals surface area (Å²) in [5, 5.41) is 7.51. The van der Waals surface area contributed by atoms with Gasteiger partial charge in [0.1, 0.15) is 11.8 Å². The van der Waals surface area contributed by atoms with Crippen molar-refractivity contribution in [2.24, 2.45) is 11.1 Å². The van der Waals surface area contributed by atoms with Gasteiger partial charge in [-0.2, -0.15) is 0 Å². The van der Waals surface area contributed by atoms with E-state index in [1.165, 1.54) is 33.7 Å². The number of nitrogens with two attached hydrogens (primary N) is 1. The molecule has 0 saturated carbocycles. The Bertz CT molecular complexity index is 1970. The highest BCUT2D eigenvalue weighted by molar-refractivity contribution is 8.00. The van der Waals surface area contributed by atoms with Crippen LogP contribution >= 0.6 is 23.1 Å². The predicted octanol–water partition coefficient (Wildman–Crippen LogP) is 3.84. The second-order valence-electron chi connectivity index (χ2n) is 10.9. The Morgan fingerprint density at radius 3 is 2.17 bits per heavy atom. The van der Waals surface area contributed by atoms with Crippen molar-refractivity contribution in [1.82, 2.24) is 4.57 Å². The van der Waals surface area contributed by atoms with E-state index in [0.717, 1.165) is 47.4 Å². The highest BCUT2D eigenvalue weighted by atomic mass is 32.2. The zero-order chi connectivity index (χ0) is 32.7. The first-order valence-corrected chi connectivity index (χ1v) is 17.9. The lowest BCUT2D eigenvalue weighted by atomic mass is 9.83. The molecule has 0 bridgehead atoms. The predicted molar refractivity (Wildman–Crippen MR) is 179 cm³/mol. The lowest BCUT2D eigenvalue weighted by Crippen LogP contribution is -2.33. The summed E-state index contributed by atoms with van der Waals surface area (Å²) in [5.41, 5.74) is 2.63. The van der Waals surface area contributed by atoms with Crippen LogP contribution in [0.2, 0.25) is 0 Å². The minimum absolute atomic E-state index is 0.101. The van der Waals surface area contributed by atoms with Crippen LogP contribution in [0.3, 0.4) is 0 Å². The van der Waals surface area contributed by atoms with Crippen molar-refractivity contribution >= 4 is 67.9 Å². The molecule has 3 amide bonds. The number of rotatable bonds is 9. The van der Waals surface area contributed by atoms with Crippen LogP contribution in [0.1, 0.15) is 30.2 Å². The number of imide groups is 1. The fourth-order valence-electron chi connectivity index (χ4n) is 6.00. The van der Waals surface area contributed by atoms with Crippen LogP contribution in [-0.4, -0.2) is 49.0 Å². The van der Waals surface area contributed by atoms with E-state index in [4.69, 9.17) is 5.14 Å². The first-order chi connectivity index (χ1) is 22.0. The summed E-state index contributed by atoms with van der Waals surface area (Å²) in [6.45, 7) is 5.45. The van der Waals surface area contributed by atoms with E-state index in [2.05, 4.69) is 24.1 Å². The Balaban J connectivity index is 1.37. The molecule has 3 atom stereocenters. The molecule has 46 heavy (non-hydrogen) atoms. The molecule has 0 radical (unpaired) electrons. The minimum Gasteiger partial charge on any atom is -0.372 e. The molecule has 14 heteroatoms. The molecule has 0 unspecified atom stereocenters. The highest BCUT2D eigenvalue weighted by Crippen LogP contribution is 2.54. The van der Waals surface area contributed by atoms with Crippen molar-refractivity contribution in [3.05, 3.63) is 99.0 Å². The SMILES string of the molecule is CCN(CC)c1ccc([C@@H]2c3sc(=O)n(CC(=O)Nc4ccc(S(N)(=O)=O)cc4)c3S[C@H]3C(=O)N(c4ccccc4)C(=O)[C@@H]23)cc1. The van der Waals surface area contributed by atoms with E-state index in [1.54, 1.807) is 24.3 Å². The van der Waals surface area contributed by atoms with Gasteiger partial charge in [-0.1, -0.05) is 53.4 Å². The quantitative estimate of drug-likeness (QED) is 0.254. The summed E-state index contributed by atoms with van der Waals surface area (Å²) in [7, 11) is -3.90. The van der Waals surface area contributed by atoms with E-state index < -0.39 is 33.0 Å². The summed E-state index contributed by atoms with van der Waals surface area (Å²) >= 11 is 2.12. The number of nitrogens with one attached hydrogen (secondary N) is 1. The number of amides is 3. The van der Waals surface area contributed by atoms with Crippen molar-refractivity contribution in [3.8, 4) is 0 Å². The third kappa shape index (κ3) is 5.77. The number of benzene rings is 3. The molecule has 0 aliphatic carbocycles. The standard InChI is InChI=1S/C32H31N5O6S3/c1-3-35(4-2)21-14-10-19(11-15-21)25-26-27(30(40)37(29(26)39)22-8-6-5-7-9-22)44-31-28(25)45-32(41)36(31)18-24(38)34-20-12-16-23(17-13-20)46(33,42)43/h5-17,25-27H,3-4,18H2,1-2H3,(H,34,38)(H2,33,42,43)/t25-,26-,27+/m0/s1. The Morgan fingerprint density at radius 1 is 0.913 bits per heavy atom. The first-order valence-electron chi connectivity index (χ1n) is 14.6. The van der Waals surface area contributed by atoms with Crippen LogP contribution in [0.4, 0.5) is 17.1 Å². The van der Waals surface area contributed by atoms with Crippen molar-refractivity contribution < 1.29 is 22.8 Å². The van der Waals surface area contributed by atoms with E-state index in [-0.39, 0.29) is 28.1 Å². The number of carbonyl (C=O) groups is 3. The average Bonchev–Trinajstić information content (AvgIpc) is 3.48. The van der Waals surface area contributed by atoms with Crippen LogP contribution in [0.25, 0.3) is 0 Å². The van der Waals surface area contributed by atoms with Gasteiger partial charge in [0.15, 0.2) is 0 Å². The summed E-state index contributed by atoms with van der Waals surface area (Å²) < 4.78 is 24.5. The number of anilines is 3. The van der Waals surface area contributed by atoms with E-state index in [0.29, 0.717) is 21.3 Å². The van der Waals surface area contributed by atoms with Crippen molar-refractivity contribution in [3.63, 3.8) is 0 Å². The summed E-state index contributed by atoms with van der Waals surface area (Å²) in [4.78, 5) is 58.1. The van der Waals surface area contributed by atoms with Crippen molar-refractivity contribution in [2.75, 3.05) is 28.2 Å². The van der Waals surface area contributed by atoms with Gasteiger partial charge in [0, 0.05) is 35.3 Å². The highest BCUT2D eigenvalue weighted by Gasteiger charge is 2.56. The number of thiazole rings is 1. The Labute approximate surface area is 274 Å². The van der Waals surface area contributed by atoms with Gasteiger partial charge in [0.25, 0.3) is 0 Å². The van der Waals surface area contributed by atoms with Gasteiger partial charge in [-0.15, -0.1) is 0 Å². The molecule has 1 aromatic heterocycles. The number of sulfonamides is 1. The number of thioether (sulfide) groups is 1. The van der Waals surface area contributed by atoms with E-state index >= 15 is 0 Å². The molecule has 0 spiro atoms. The minimum atomic E-state index is -3.90. The van der Waals surface area contributed by atoms with Crippen LogP contribution in [0.15, 0.2) is 93.6 Å². The smallest absolute Gasteiger partial charge is 0.308 e. The number of para-hydroxylation sites is 1. The number of primary sulfonamides is 1. The second-order valence-corrected chi connectivity index (χ2v) is 14.6. The summed E-state index contributed by atoms with van der Waals surface area (Å²) in [6.07, 6.45) is 0. The van der Waals surface area contributed by atoms with Gasteiger partial charge in [-0.05, 0) is 67.9 Å². The fourth-order valence-corrected chi connectivity index (χ4v) is 9.29. The van der Waals surface area contributed by atoms with Gasteiger partial charge in [-0.25, -0.2) is 18.5 Å². The van der Waals surface area contributed by atoms with Gasteiger partial charge in [0.05, 0.1) is 21.5 Å². The number of fused-ring (bicyclic) bond motifs is 2. The van der Waals surface area contributed by atoms with Crippen LogP contribution in [-0.2, 0) is 31.0 Å². The molecule has 238 valence electrons. The lowest BCUT2D eigenvalue weighted by Gasteiger charge is -2.31. The largest absolute Gasteiger partial charge is 0.372 e. The maximum atomic E-state index is 14.1. The number of hydrogen-bond acceptors (Lipinski definition) is 9. The van der Waals surface area contributed by atoms with Crippen LogP contribution in [0, 0.1) is 5.92 Å². The van der Waals surface area contributed by atoms with Gasteiger partial charge >= 0.3 is 4.87 Å². The third-order valence-electron chi connectivity index (χ3n) is 8.21. The maximum Gasteiger partial charge on any atom is 0.308 e. The van der Waals surface area contributed by atoms with Crippen LogP contribution in [0.5, 0.6) is 0 Å². The van der Waals surface area contributed by atoms with Gasteiger partial charge in [0.2, 0.25) is 27.7 Å². The first kappa shape index (κ1) is 31.7. The molecule has 4 aromatic rings. The Kier molecular flexibility index (Phi) is 8.63. The second kappa shape index (κ2) is 12.5. The van der Waals surface area contributed by atoms with Crippen molar-refractivity contribution in [1.29, 1.82) is 0 Å². The number of carbonyl (C=O) groups excluding carboxylic acids is 3. The third-order valence-corrected chi connectivity index (χ3v) is 11.7. The summed E-state index contributed by atoms with van der Waals surface area (Å²) in [5.74, 6) is -2.54. The molecule has 3 heterocycles. The zero-order valence-corrected chi connectivity index (χ0v) is 27.4. The molecular weight excluding hydrogens is 647 g/mol. The molecule has 2 aliphatic rings.